The molecule has 2 aliphatic heterocycles. The van der Waals surface area contributed by atoms with E-state index in [1.807, 2.05) is 17.7 Å². The number of fused-ring (bicyclic) bond motifs is 1. The minimum absolute atomic E-state index is 0.168. The van der Waals surface area contributed by atoms with Crippen LogP contribution in [0.4, 0.5) is 5.69 Å². The Kier molecular flexibility index (Phi) is 4.87. The summed E-state index contributed by atoms with van der Waals surface area (Å²) < 4.78 is 1.89. The van der Waals surface area contributed by atoms with Gasteiger partial charge in [-0.15, -0.1) is 0 Å². The van der Waals surface area contributed by atoms with Crippen molar-refractivity contribution in [2.75, 3.05) is 5.32 Å². The number of amides is 4. The Morgan fingerprint density at radius 3 is 2.86 bits per heavy atom. The number of carbonyl (C=O) groups is 4. The molecule has 2 aliphatic rings. The molecular formula is C20H21N5O4. The molecule has 4 amide bonds. The molecule has 0 aliphatic carbocycles. The Labute approximate surface area is 167 Å². The summed E-state index contributed by atoms with van der Waals surface area (Å²) in [6.45, 7) is 2.60. The second-order valence-electron chi connectivity index (χ2n) is 7.20. The lowest BCUT2D eigenvalue weighted by atomic mass is 10.0. The molecule has 4 rings (SSSR count). The third-order valence-corrected chi connectivity index (χ3v) is 5.36. The van der Waals surface area contributed by atoms with Crippen LogP contribution < -0.4 is 10.6 Å². The van der Waals surface area contributed by atoms with E-state index in [-0.39, 0.29) is 37.1 Å². The fourth-order valence-electron chi connectivity index (χ4n) is 3.78. The Hall–Kier alpha value is -3.49. The first kappa shape index (κ1) is 18.9. The largest absolute Gasteiger partial charge is 0.335 e. The molecule has 150 valence electrons. The normalized spacial score (nSPS) is 18.6. The van der Waals surface area contributed by atoms with Crippen molar-refractivity contribution < 1.29 is 19.2 Å². The van der Waals surface area contributed by atoms with Crippen LogP contribution in [-0.2, 0) is 27.5 Å². The second kappa shape index (κ2) is 7.50. The lowest BCUT2D eigenvalue weighted by Gasteiger charge is -2.29. The molecule has 29 heavy (non-hydrogen) atoms. The van der Waals surface area contributed by atoms with E-state index in [9.17, 15) is 19.2 Å². The highest BCUT2D eigenvalue weighted by Crippen LogP contribution is 2.32. The molecule has 3 heterocycles. The van der Waals surface area contributed by atoms with E-state index in [4.69, 9.17) is 0 Å². The Morgan fingerprint density at radius 1 is 1.31 bits per heavy atom. The van der Waals surface area contributed by atoms with Crippen molar-refractivity contribution in [1.29, 1.82) is 0 Å². The summed E-state index contributed by atoms with van der Waals surface area (Å²) >= 11 is 0. The first-order valence-electron chi connectivity index (χ1n) is 9.48. The molecule has 1 fully saturated rings. The number of piperidine rings is 1. The molecule has 1 atom stereocenters. The zero-order valence-corrected chi connectivity index (χ0v) is 16.0. The molecule has 1 aromatic heterocycles. The van der Waals surface area contributed by atoms with E-state index in [2.05, 4.69) is 15.6 Å². The van der Waals surface area contributed by atoms with Crippen molar-refractivity contribution >= 4 is 29.3 Å². The van der Waals surface area contributed by atoms with Crippen molar-refractivity contribution in [2.24, 2.45) is 0 Å². The number of carbonyl (C=O) groups excluding carboxylic acids is 4. The highest BCUT2D eigenvalue weighted by molar-refractivity contribution is 6.06. The van der Waals surface area contributed by atoms with Gasteiger partial charge in [0.25, 0.3) is 5.91 Å². The number of nitrogens with one attached hydrogen (secondary N) is 2. The van der Waals surface area contributed by atoms with E-state index >= 15 is 0 Å². The van der Waals surface area contributed by atoms with Gasteiger partial charge in [0.2, 0.25) is 17.7 Å². The van der Waals surface area contributed by atoms with E-state index < -0.39 is 11.9 Å². The van der Waals surface area contributed by atoms with Crippen LogP contribution in [0.25, 0.3) is 0 Å². The van der Waals surface area contributed by atoms with Crippen LogP contribution in [-0.4, -0.2) is 44.1 Å². The van der Waals surface area contributed by atoms with Crippen molar-refractivity contribution in [3.63, 3.8) is 0 Å². The number of nitrogens with zero attached hydrogens (tertiary/aromatic N) is 3. The van der Waals surface area contributed by atoms with Gasteiger partial charge in [-0.2, -0.15) is 0 Å². The highest BCUT2D eigenvalue weighted by Gasteiger charge is 2.39. The maximum atomic E-state index is 12.8. The van der Waals surface area contributed by atoms with Gasteiger partial charge < -0.3 is 14.8 Å². The fraction of sp³-hybridized carbons (Fsp3) is 0.350. The van der Waals surface area contributed by atoms with Crippen LogP contribution in [0, 0.1) is 6.92 Å². The molecule has 0 bridgehead atoms. The molecule has 1 unspecified atom stereocenters. The number of anilines is 1. The Balaban J connectivity index is 1.46. The van der Waals surface area contributed by atoms with Gasteiger partial charge in [0.15, 0.2) is 0 Å². The standard InChI is InChI=1S/C20H21N5O4/c1-12-21-8-10-24(12)9-7-18(27)22-15-4-2-3-13-14(15)11-25(20(13)29)16-5-6-17(26)23-19(16)28/h2-4,8,10,16H,5-7,9,11H2,1H3,(H,22,27)(H,23,26,28). The average Bonchev–Trinajstić information content (AvgIpc) is 3.24. The summed E-state index contributed by atoms with van der Waals surface area (Å²) in [4.78, 5) is 54.4. The molecule has 0 spiro atoms. The predicted molar refractivity (Wildman–Crippen MR) is 103 cm³/mol. The van der Waals surface area contributed by atoms with Crippen LogP contribution in [0.15, 0.2) is 30.6 Å². The van der Waals surface area contributed by atoms with Crippen LogP contribution in [0.1, 0.15) is 41.0 Å². The molecule has 0 saturated carbocycles. The van der Waals surface area contributed by atoms with Gasteiger partial charge in [-0.25, -0.2) is 4.98 Å². The molecular weight excluding hydrogens is 374 g/mol. The summed E-state index contributed by atoms with van der Waals surface area (Å²) in [7, 11) is 0. The summed E-state index contributed by atoms with van der Waals surface area (Å²) in [6.07, 6.45) is 4.28. The number of aromatic nitrogens is 2. The number of hydrogen-bond acceptors (Lipinski definition) is 5. The Bertz CT molecular complexity index is 1010. The lowest BCUT2D eigenvalue weighted by Crippen LogP contribution is -2.52. The van der Waals surface area contributed by atoms with Crippen molar-refractivity contribution in [3.8, 4) is 0 Å². The molecule has 0 radical (unpaired) electrons. The zero-order chi connectivity index (χ0) is 20.5. The highest BCUT2D eigenvalue weighted by atomic mass is 16.2. The number of imide groups is 1. The third-order valence-electron chi connectivity index (χ3n) is 5.36. The van der Waals surface area contributed by atoms with E-state index in [0.717, 1.165) is 5.82 Å². The van der Waals surface area contributed by atoms with Crippen LogP contribution in [0.2, 0.25) is 0 Å². The van der Waals surface area contributed by atoms with Gasteiger partial charge in [0.1, 0.15) is 11.9 Å². The fourth-order valence-corrected chi connectivity index (χ4v) is 3.78. The average molecular weight is 395 g/mol. The smallest absolute Gasteiger partial charge is 0.255 e. The molecule has 9 heteroatoms. The quantitative estimate of drug-likeness (QED) is 0.733. The topological polar surface area (TPSA) is 113 Å². The van der Waals surface area contributed by atoms with Gasteiger partial charge in [-0.05, 0) is 25.5 Å². The summed E-state index contributed by atoms with van der Waals surface area (Å²) in [6, 6.07) is 4.47. The van der Waals surface area contributed by atoms with Crippen LogP contribution in [0.5, 0.6) is 0 Å². The van der Waals surface area contributed by atoms with E-state index in [0.29, 0.717) is 29.8 Å². The predicted octanol–water partition coefficient (Wildman–Crippen LogP) is 0.981. The first-order chi connectivity index (χ1) is 13.9. The van der Waals surface area contributed by atoms with E-state index in [1.165, 1.54) is 4.90 Å². The first-order valence-corrected chi connectivity index (χ1v) is 9.48. The van der Waals surface area contributed by atoms with Gasteiger partial charge in [0, 0.05) is 55.1 Å². The minimum Gasteiger partial charge on any atom is -0.335 e. The second-order valence-corrected chi connectivity index (χ2v) is 7.20. The lowest BCUT2D eigenvalue weighted by molar-refractivity contribution is -0.137. The van der Waals surface area contributed by atoms with Crippen LogP contribution >= 0.6 is 0 Å². The number of benzene rings is 1. The summed E-state index contributed by atoms with van der Waals surface area (Å²) in [5.74, 6) is -0.373. The third kappa shape index (κ3) is 3.63. The maximum Gasteiger partial charge on any atom is 0.255 e. The summed E-state index contributed by atoms with van der Waals surface area (Å²) in [5, 5.41) is 5.17. The molecule has 2 N–H and O–H groups in total. The maximum absolute atomic E-state index is 12.8. The number of rotatable bonds is 5. The number of imidazole rings is 1. The SMILES string of the molecule is Cc1nccn1CCC(=O)Nc1cccc2c1CN(C1CCC(=O)NC1=O)C2=O. The van der Waals surface area contributed by atoms with E-state index in [1.54, 1.807) is 24.4 Å². The van der Waals surface area contributed by atoms with Crippen molar-refractivity contribution in [2.45, 2.75) is 45.3 Å². The molecule has 2 aromatic rings. The van der Waals surface area contributed by atoms with Crippen LogP contribution in [0.3, 0.4) is 0 Å². The number of hydrogen-bond donors (Lipinski definition) is 2. The molecule has 1 aromatic carbocycles. The van der Waals surface area contributed by atoms with Crippen molar-refractivity contribution in [3.05, 3.63) is 47.5 Å². The minimum atomic E-state index is -0.680. The monoisotopic (exact) mass is 395 g/mol. The van der Waals surface area contributed by atoms with Crippen molar-refractivity contribution in [1.82, 2.24) is 19.8 Å². The Morgan fingerprint density at radius 2 is 2.14 bits per heavy atom. The molecule has 1 saturated heterocycles. The molecule has 9 nitrogen and oxygen atoms in total. The summed E-state index contributed by atoms with van der Waals surface area (Å²) in [5.41, 5.74) is 1.73. The van der Waals surface area contributed by atoms with Gasteiger partial charge in [-0.1, -0.05) is 6.07 Å². The number of aryl methyl sites for hydroxylation is 2. The van der Waals surface area contributed by atoms with Gasteiger partial charge in [0.05, 0.1) is 0 Å². The van der Waals surface area contributed by atoms with Gasteiger partial charge in [-0.3, -0.25) is 24.5 Å². The van der Waals surface area contributed by atoms with Gasteiger partial charge >= 0.3 is 0 Å². The zero-order valence-electron chi connectivity index (χ0n) is 16.0.